The summed E-state index contributed by atoms with van der Waals surface area (Å²) in [6, 6.07) is 62.1. The molecule has 12 heteroatoms. The minimum atomic E-state index is -4.66. The van der Waals surface area contributed by atoms with Gasteiger partial charge in [-0.15, -0.1) is 0 Å². The molecule has 0 aliphatic carbocycles. The zero-order valence-corrected chi connectivity index (χ0v) is 38.1. The molecule has 2 aromatic heterocycles. The van der Waals surface area contributed by atoms with Gasteiger partial charge in [0.05, 0.1) is 51.1 Å². The second kappa shape index (κ2) is 18.3. The Kier molecular flexibility index (Phi) is 11.5. The number of hydrogen-bond donors (Lipinski definition) is 0. The topological polar surface area (TPSA) is 91.2 Å². The summed E-state index contributed by atoms with van der Waals surface area (Å²) in [5.74, 6) is 0.876. The second-order valence-electron chi connectivity index (χ2n) is 17.2. The molecule has 0 saturated carbocycles. The van der Waals surface area contributed by atoms with Crippen LogP contribution in [0, 0.1) is 22.7 Å². The largest absolute Gasteiger partial charge is 0.416 e. The Labute approximate surface area is 414 Å². The van der Waals surface area contributed by atoms with Gasteiger partial charge in [-0.05, 0) is 106 Å². The molecule has 0 saturated heterocycles. The molecule has 0 unspecified atom stereocenters. The monoisotopic (exact) mass is 964 g/mol. The summed E-state index contributed by atoms with van der Waals surface area (Å²) in [5, 5.41) is 21.8. The van der Waals surface area contributed by atoms with Gasteiger partial charge in [0.15, 0.2) is 17.5 Å². The molecular formula is C61H34F6N6. The lowest BCUT2D eigenvalue weighted by Crippen LogP contribution is -2.06. The first-order chi connectivity index (χ1) is 35.4. The van der Waals surface area contributed by atoms with Crippen LogP contribution in [0.3, 0.4) is 0 Å². The number of fused-ring (bicyclic) bond motifs is 3. The van der Waals surface area contributed by atoms with Crippen molar-refractivity contribution < 1.29 is 26.3 Å². The normalized spacial score (nSPS) is 11.7. The summed E-state index contributed by atoms with van der Waals surface area (Å²) >= 11 is 0. The van der Waals surface area contributed by atoms with E-state index in [1.165, 1.54) is 24.3 Å². The van der Waals surface area contributed by atoms with Gasteiger partial charge in [0.25, 0.3) is 0 Å². The lowest BCUT2D eigenvalue weighted by molar-refractivity contribution is -0.138. The zero-order chi connectivity index (χ0) is 50.4. The minimum absolute atomic E-state index is 0.199. The second-order valence-corrected chi connectivity index (χ2v) is 17.2. The van der Waals surface area contributed by atoms with E-state index in [2.05, 4.69) is 12.1 Å². The maximum absolute atomic E-state index is 14.3. The number of alkyl halides is 6. The first-order valence-electron chi connectivity index (χ1n) is 22.8. The lowest BCUT2D eigenvalue weighted by atomic mass is 9.91. The van der Waals surface area contributed by atoms with Crippen LogP contribution in [0.15, 0.2) is 206 Å². The van der Waals surface area contributed by atoms with Crippen molar-refractivity contribution in [2.45, 2.75) is 12.4 Å². The highest BCUT2D eigenvalue weighted by Crippen LogP contribution is 2.46. The molecule has 0 fully saturated rings. The first kappa shape index (κ1) is 45.8. The van der Waals surface area contributed by atoms with Crippen LogP contribution >= 0.6 is 0 Å². The Bertz CT molecular complexity index is 3750. The van der Waals surface area contributed by atoms with Gasteiger partial charge in [0.2, 0.25) is 0 Å². The van der Waals surface area contributed by atoms with Crippen molar-refractivity contribution in [2.75, 3.05) is 0 Å². The van der Waals surface area contributed by atoms with E-state index in [1.807, 2.05) is 126 Å². The van der Waals surface area contributed by atoms with Gasteiger partial charge in [-0.25, -0.2) is 15.0 Å². The fourth-order valence-corrected chi connectivity index (χ4v) is 9.32. The molecule has 0 amide bonds. The van der Waals surface area contributed by atoms with E-state index in [0.717, 1.165) is 46.2 Å². The van der Waals surface area contributed by atoms with E-state index in [4.69, 9.17) is 15.0 Å². The summed E-state index contributed by atoms with van der Waals surface area (Å²) in [6.07, 6.45) is -9.31. The molecule has 350 valence electrons. The Morgan fingerprint density at radius 3 is 1.08 bits per heavy atom. The highest BCUT2D eigenvalue weighted by atomic mass is 19.4. The molecule has 6 nitrogen and oxygen atoms in total. The van der Waals surface area contributed by atoms with Crippen LogP contribution in [-0.4, -0.2) is 19.5 Å². The molecule has 11 rings (SSSR count). The molecule has 0 spiro atoms. The average molecular weight is 965 g/mol. The third-order valence-corrected chi connectivity index (χ3v) is 12.8. The van der Waals surface area contributed by atoms with E-state index >= 15 is 0 Å². The van der Waals surface area contributed by atoms with E-state index in [-0.39, 0.29) is 5.82 Å². The van der Waals surface area contributed by atoms with Crippen LogP contribution in [0.25, 0.3) is 106 Å². The van der Waals surface area contributed by atoms with Crippen molar-refractivity contribution >= 4 is 21.8 Å². The molecule has 0 aliphatic heterocycles. The average Bonchev–Trinajstić information content (AvgIpc) is 3.75. The number of aromatic nitrogens is 4. The van der Waals surface area contributed by atoms with Crippen molar-refractivity contribution in [3.8, 4) is 96.5 Å². The molecule has 0 aliphatic rings. The predicted molar refractivity (Wildman–Crippen MR) is 272 cm³/mol. The van der Waals surface area contributed by atoms with Crippen molar-refractivity contribution in [3.63, 3.8) is 0 Å². The number of benzene rings is 9. The number of hydrogen-bond acceptors (Lipinski definition) is 5. The quantitative estimate of drug-likeness (QED) is 0.142. The van der Waals surface area contributed by atoms with Gasteiger partial charge in [-0.3, -0.25) is 0 Å². The van der Waals surface area contributed by atoms with Crippen LogP contribution in [-0.2, 0) is 12.4 Å². The maximum Gasteiger partial charge on any atom is 0.416 e. The fourth-order valence-electron chi connectivity index (χ4n) is 9.32. The highest BCUT2D eigenvalue weighted by molar-refractivity contribution is 6.13. The highest BCUT2D eigenvalue weighted by Gasteiger charge is 2.32. The summed E-state index contributed by atoms with van der Waals surface area (Å²) in [5.41, 5.74) is 6.94. The van der Waals surface area contributed by atoms with Crippen LogP contribution in [0.4, 0.5) is 26.3 Å². The number of nitriles is 2. The predicted octanol–water partition coefficient (Wildman–Crippen LogP) is 16.4. The van der Waals surface area contributed by atoms with Gasteiger partial charge < -0.3 is 4.57 Å². The van der Waals surface area contributed by atoms with Crippen LogP contribution < -0.4 is 0 Å². The maximum atomic E-state index is 14.3. The van der Waals surface area contributed by atoms with E-state index in [9.17, 15) is 36.9 Å². The van der Waals surface area contributed by atoms with Gasteiger partial charge in [-0.2, -0.15) is 36.9 Å². The summed E-state index contributed by atoms with van der Waals surface area (Å²) in [7, 11) is 0. The smallest absolute Gasteiger partial charge is 0.308 e. The van der Waals surface area contributed by atoms with Gasteiger partial charge >= 0.3 is 12.4 Å². The van der Waals surface area contributed by atoms with E-state index in [0.29, 0.717) is 89.6 Å². The lowest BCUT2D eigenvalue weighted by Gasteiger charge is -2.22. The zero-order valence-electron chi connectivity index (χ0n) is 38.1. The Hall–Kier alpha value is -9.65. The molecule has 9 aromatic carbocycles. The van der Waals surface area contributed by atoms with E-state index in [1.54, 1.807) is 36.4 Å². The summed E-state index contributed by atoms with van der Waals surface area (Å²) < 4.78 is 87.6. The summed E-state index contributed by atoms with van der Waals surface area (Å²) in [6.45, 7) is 0. The van der Waals surface area contributed by atoms with Crippen LogP contribution in [0.5, 0.6) is 0 Å². The summed E-state index contributed by atoms with van der Waals surface area (Å²) in [4.78, 5) is 14.8. The van der Waals surface area contributed by atoms with Crippen molar-refractivity contribution in [1.82, 2.24) is 19.5 Å². The number of nitrogens with zero attached hydrogens (tertiary/aromatic N) is 6. The van der Waals surface area contributed by atoms with Crippen molar-refractivity contribution in [1.29, 1.82) is 10.5 Å². The van der Waals surface area contributed by atoms with Gasteiger partial charge in [0.1, 0.15) is 0 Å². The fraction of sp³-hybridized carbons (Fsp3) is 0.0328. The van der Waals surface area contributed by atoms with Crippen LogP contribution in [0.2, 0.25) is 0 Å². The first-order valence-corrected chi connectivity index (χ1v) is 22.8. The molecule has 0 atom stereocenters. The third-order valence-electron chi connectivity index (χ3n) is 12.8. The van der Waals surface area contributed by atoms with Crippen molar-refractivity contribution in [2.24, 2.45) is 0 Å². The minimum Gasteiger partial charge on any atom is -0.308 e. The van der Waals surface area contributed by atoms with Crippen molar-refractivity contribution in [3.05, 3.63) is 229 Å². The van der Waals surface area contributed by atoms with Gasteiger partial charge in [-0.1, -0.05) is 133 Å². The van der Waals surface area contributed by atoms with E-state index < -0.39 is 23.5 Å². The Balaban J connectivity index is 1.28. The van der Waals surface area contributed by atoms with Crippen LogP contribution in [0.1, 0.15) is 22.3 Å². The Morgan fingerprint density at radius 1 is 0.342 bits per heavy atom. The molecule has 11 aromatic rings. The number of halogens is 6. The third kappa shape index (κ3) is 8.62. The molecule has 0 radical (unpaired) electrons. The molecule has 73 heavy (non-hydrogen) atoms. The molecule has 0 bridgehead atoms. The molecule has 2 heterocycles. The SMILES string of the molecule is N#Cc1ccccc1-c1ccc2c(c1)c1cc(-c3ccccc3C#N)ccc1n2-c1c(-c2ccc(C(F)(F)F)cc2)cc(-c2nc(-c3ccccc3)nc(-c3ccccc3)n2)cc1-c1ccc(C(F)(F)F)cc1. The Morgan fingerprint density at radius 2 is 0.699 bits per heavy atom. The number of rotatable bonds is 8. The van der Waals surface area contributed by atoms with Gasteiger partial charge in [0, 0.05) is 38.6 Å². The standard InChI is InChI=1S/C61H34F6N6/c62-60(63,64)46-25-19-37(20-26-46)50-33-45(59-71-57(39-11-3-1-4-12-39)70-58(72-59)40-13-5-2-6-14-40)34-51(38-21-27-47(28-22-38)61(65,66)67)56(50)73-54-29-23-41(48-17-9-7-15-43(48)35-68)31-52(54)53-32-42(24-30-55(53)73)49-18-10-8-16-44(49)36-69/h1-34H. The molecule has 0 N–H and O–H groups in total. The molecular weight excluding hydrogens is 931 g/mol.